The lowest BCUT2D eigenvalue weighted by Gasteiger charge is -2.34. The Bertz CT molecular complexity index is 847. The van der Waals surface area contributed by atoms with Gasteiger partial charge in [-0.15, -0.1) is 0 Å². The molecule has 2 heterocycles. The molecule has 0 saturated carbocycles. The number of hydrogen-bond acceptors (Lipinski definition) is 6. The van der Waals surface area contributed by atoms with Gasteiger partial charge in [0.05, 0.1) is 18.2 Å². The van der Waals surface area contributed by atoms with E-state index in [1.807, 2.05) is 11.0 Å². The fourth-order valence-electron chi connectivity index (χ4n) is 2.82. The molecule has 1 N–H and O–H groups in total. The van der Waals surface area contributed by atoms with Gasteiger partial charge in [-0.2, -0.15) is 5.26 Å². The standard InChI is InChI=1S/C18H19N5O3/c1-13-9-16(21-26-13)20-17(24)12-22-5-7-23(8-6-22)18(25)15-4-2-3-14(10-15)11-19/h2-4,9-10H,5-8,12H2,1H3,(H,20,21,24). The molecule has 1 aromatic carbocycles. The third-order valence-corrected chi connectivity index (χ3v) is 4.16. The number of benzene rings is 1. The SMILES string of the molecule is Cc1cc(NC(=O)CN2CCN(C(=O)c3cccc(C#N)c3)CC2)no1. The first-order valence-electron chi connectivity index (χ1n) is 8.30. The van der Waals surface area contributed by atoms with Crippen LogP contribution >= 0.6 is 0 Å². The number of amides is 2. The lowest BCUT2D eigenvalue weighted by molar-refractivity contribution is -0.117. The summed E-state index contributed by atoms with van der Waals surface area (Å²) < 4.78 is 4.91. The monoisotopic (exact) mass is 353 g/mol. The molecule has 0 aliphatic carbocycles. The number of hydrogen-bond donors (Lipinski definition) is 1. The maximum atomic E-state index is 12.5. The molecule has 2 aromatic rings. The van der Waals surface area contributed by atoms with Crippen LogP contribution in [0.3, 0.4) is 0 Å². The largest absolute Gasteiger partial charge is 0.360 e. The van der Waals surface area contributed by atoms with E-state index in [4.69, 9.17) is 9.78 Å². The van der Waals surface area contributed by atoms with Crippen LogP contribution in [0.15, 0.2) is 34.9 Å². The van der Waals surface area contributed by atoms with Gasteiger partial charge in [-0.1, -0.05) is 11.2 Å². The van der Waals surface area contributed by atoms with Crippen LogP contribution in [0.5, 0.6) is 0 Å². The van der Waals surface area contributed by atoms with Crippen molar-refractivity contribution < 1.29 is 14.1 Å². The lowest BCUT2D eigenvalue weighted by atomic mass is 10.1. The molecule has 2 amide bonds. The van der Waals surface area contributed by atoms with Crippen molar-refractivity contribution in [1.29, 1.82) is 5.26 Å². The first-order valence-corrected chi connectivity index (χ1v) is 8.30. The molecule has 0 bridgehead atoms. The molecule has 8 heteroatoms. The third kappa shape index (κ3) is 4.26. The van der Waals surface area contributed by atoms with Crippen LogP contribution in [-0.4, -0.2) is 59.5 Å². The number of aryl methyl sites for hydroxylation is 1. The molecule has 8 nitrogen and oxygen atoms in total. The smallest absolute Gasteiger partial charge is 0.253 e. The Balaban J connectivity index is 1.50. The molecule has 1 saturated heterocycles. The number of anilines is 1. The Morgan fingerprint density at radius 2 is 2.04 bits per heavy atom. The van der Waals surface area contributed by atoms with E-state index in [1.165, 1.54) is 0 Å². The number of nitrogens with zero attached hydrogens (tertiary/aromatic N) is 4. The van der Waals surface area contributed by atoms with Crippen molar-refractivity contribution in [2.24, 2.45) is 0 Å². The van der Waals surface area contributed by atoms with Gasteiger partial charge in [0.15, 0.2) is 5.82 Å². The molecule has 134 valence electrons. The summed E-state index contributed by atoms with van der Waals surface area (Å²) >= 11 is 0. The van der Waals surface area contributed by atoms with E-state index in [0.29, 0.717) is 48.9 Å². The van der Waals surface area contributed by atoms with Gasteiger partial charge >= 0.3 is 0 Å². The zero-order valence-electron chi connectivity index (χ0n) is 14.4. The van der Waals surface area contributed by atoms with Crippen LogP contribution in [0.2, 0.25) is 0 Å². The highest BCUT2D eigenvalue weighted by atomic mass is 16.5. The topological polar surface area (TPSA) is 102 Å². The van der Waals surface area contributed by atoms with Gasteiger partial charge in [0.2, 0.25) is 5.91 Å². The summed E-state index contributed by atoms with van der Waals surface area (Å²) in [7, 11) is 0. The van der Waals surface area contributed by atoms with E-state index < -0.39 is 0 Å². The van der Waals surface area contributed by atoms with Crippen molar-refractivity contribution in [3.63, 3.8) is 0 Å². The highest BCUT2D eigenvalue weighted by molar-refractivity contribution is 5.94. The van der Waals surface area contributed by atoms with Gasteiger partial charge in [-0.25, -0.2) is 0 Å². The van der Waals surface area contributed by atoms with Gasteiger partial charge in [0.25, 0.3) is 5.91 Å². The van der Waals surface area contributed by atoms with Gasteiger partial charge in [-0.3, -0.25) is 14.5 Å². The molecule has 1 fully saturated rings. The number of rotatable bonds is 4. The number of aromatic nitrogens is 1. The van der Waals surface area contributed by atoms with Crippen LogP contribution in [0.25, 0.3) is 0 Å². The molecular weight excluding hydrogens is 334 g/mol. The van der Waals surface area contributed by atoms with Crippen LogP contribution in [0, 0.1) is 18.3 Å². The minimum Gasteiger partial charge on any atom is -0.360 e. The predicted octanol–water partition coefficient (Wildman–Crippen LogP) is 1.25. The molecule has 0 spiro atoms. The molecule has 1 aliphatic rings. The molecule has 0 atom stereocenters. The van der Waals surface area contributed by atoms with Crippen molar-refractivity contribution in [3.8, 4) is 6.07 Å². The number of carbonyl (C=O) groups excluding carboxylic acids is 2. The van der Waals surface area contributed by atoms with E-state index in [2.05, 4.69) is 10.5 Å². The average Bonchev–Trinajstić information content (AvgIpc) is 3.06. The minimum atomic E-state index is -0.167. The van der Waals surface area contributed by atoms with E-state index >= 15 is 0 Å². The maximum Gasteiger partial charge on any atom is 0.253 e. The van der Waals surface area contributed by atoms with Crippen molar-refractivity contribution in [2.45, 2.75) is 6.92 Å². The number of piperazine rings is 1. The number of nitriles is 1. The molecule has 1 aliphatic heterocycles. The second-order valence-electron chi connectivity index (χ2n) is 6.13. The van der Waals surface area contributed by atoms with Crippen LogP contribution < -0.4 is 5.32 Å². The minimum absolute atomic E-state index is 0.0933. The van der Waals surface area contributed by atoms with Crippen molar-refractivity contribution in [2.75, 3.05) is 38.0 Å². The van der Waals surface area contributed by atoms with Gasteiger partial charge in [0.1, 0.15) is 5.76 Å². The molecule has 3 rings (SSSR count). The fourth-order valence-corrected chi connectivity index (χ4v) is 2.82. The molecule has 0 radical (unpaired) electrons. The summed E-state index contributed by atoms with van der Waals surface area (Å²) in [4.78, 5) is 28.3. The highest BCUT2D eigenvalue weighted by Crippen LogP contribution is 2.11. The first-order chi connectivity index (χ1) is 12.5. The van der Waals surface area contributed by atoms with Crippen molar-refractivity contribution >= 4 is 17.6 Å². The predicted molar refractivity (Wildman–Crippen MR) is 93.4 cm³/mol. The van der Waals surface area contributed by atoms with Gasteiger partial charge in [-0.05, 0) is 25.1 Å². The summed E-state index contributed by atoms with van der Waals surface area (Å²) in [6.07, 6.45) is 0. The summed E-state index contributed by atoms with van der Waals surface area (Å²) in [5, 5.41) is 15.4. The average molecular weight is 353 g/mol. The van der Waals surface area contributed by atoms with Crippen molar-refractivity contribution in [3.05, 3.63) is 47.2 Å². The zero-order valence-corrected chi connectivity index (χ0v) is 14.4. The summed E-state index contributed by atoms with van der Waals surface area (Å²) in [5.74, 6) is 0.774. The summed E-state index contributed by atoms with van der Waals surface area (Å²) in [5.41, 5.74) is 0.978. The Hall–Kier alpha value is -3.18. The maximum absolute atomic E-state index is 12.5. The Kier molecular flexibility index (Phi) is 5.29. The van der Waals surface area contributed by atoms with E-state index in [9.17, 15) is 9.59 Å². The summed E-state index contributed by atoms with van der Waals surface area (Å²) in [6, 6.07) is 10.4. The second-order valence-corrected chi connectivity index (χ2v) is 6.13. The normalized spacial score (nSPS) is 14.7. The lowest BCUT2D eigenvalue weighted by Crippen LogP contribution is -2.50. The molecular formula is C18H19N5O3. The number of carbonyl (C=O) groups is 2. The quantitative estimate of drug-likeness (QED) is 0.887. The molecule has 26 heavy (non-hydrogen) atoms. The Labute approximate surface area is 151 Å². The van der Waals surface area contributed by atoms with Crippen molar-refractivity contribution in [1.82, 2.24) is 15.0 Å². The molecule has 0 unspecified atom stereocenters. The Morgan fingerprint density at radius 1 is 1.27 bits per heavy atom. The zero-order chi connectivity index (χ0) is 18.5. The van der Waals surface area contributed by atoms with E-state index in [0.717, 1.165) is 0 Å². The Morgan fingerprint density at radius 3 is 2.69 bits per heavy atom. The van der Waals surface area contributed by atoms with Crippen LogP contribution in [0.4, 0.5) is 5.82 Å². The van der Waals surface area contributed by atoms with E-state index in [1.54, 1.807) is 42.2 Å². The number of nitrogens with one attached hydrogen (secondary N) is 1. The van der Waals surface area contributed by atoms with Crippen LogP contribution in [-0.2, 0) is 4.79 Å². The van der Waals surface area contributed by atoms with Gasteiger partial charge < -0.3 is 14.7 Å². The highest BCUT2D eigenvalue weighted by Gasteiger charge is 2.23. The second kappa shape index (κ2) is 7.80. The van der Waals surface area contributed by atoms with Gasteiger partial charge in [0, 0.05) is 37.8 Å². The molecule has 1 aromatic heterocycles. The first kappa shape index (κ1) is 17.6. The fraction of sp³-hybridized carbons (Fsp3) is 0.333. The van der Waals surface area contributed by atoms with Crippen LogP contribution in [0.1, 0.15) is 21.7 Å². The summed E-state index contributed by atoms with van der Waals surface area (Å²) in [6.45, 7) is 4.27. The third-order valence-electron chi connectivity index (χ3n) is 4.16. The van der Waals surface area contributed by atoms with E-state index in [-0.39, 0.29) is 18.4 Å².